The zero-order chi connectivity index (χ0) is 21.8. The Morgan fingerprint density at radius 3 is 1.84 bits per heavy atom. The molecule has 0 amide bonds. The van der Waals surface area contributed by atoms with Crippen molar-refractivity contribution in [1.82, 2.24) is 0 Å². The van der Waals surface area contributed by atoms with Crippen molar-refractivity contribution in [2.24, 2.45) is 0 Å². The summed E-state index contributed by atoms with van der Waals surface area (Å²) in [5.74, 6) is -0.440. The number of carbonyl (C=O) groups excluding carboxylic acids is 1. The minimum Gasteiger partial charge on any atom is -0.420 e. The second-order valence-corrected chi connectivity index (χ2v) is 10.4. The van der Waals surface area contributed by atoms with Crippen molar-refractivity contribution < 1.29 is 37.5 Å². The van der Waals surface area contributed by atoms with Gasteiger partial charge in [0, 0.05) is 0 Å². The number of rotatable bonds is 6. The van der Waals surface area contributed by atoms with Crippen molar-refractivity contribution in [3.05, 3.63) is 113 Å². The lowest BCUT2D eigenvalue weighted by molar-refractivity contribution is -1.91. The third-order valence-electron chi connectivity index (χ3n) is 4.15. The van der Waals surface area contributed by atoms with Gasteiger partial charge in [-0.25, -0.2) is 4.79 Å². The van der Waals surface area contributed by atoms with E-state index in [-0.39, 0.29) is 5.76 Å². The summed E-state index contributed by atoms with van der Waals surface area (Å²) in [5.41, 5.74) is 1.62. The van der Waals surface area contributed by atoms with Gasteiger partial charge in [0.2, 0.25) is 0 Å². The molecule has 0 radical (unpaired) electrons. The van der Waals surface area contributed by atoms with Gasteiger partial charge >= 0.3 is 5.97 Å². The molecule has 0 spiro atoms. The molecular formula is C22H15ClO6S2. The van der Waals surface area contributed by atoms with Crippen LogP contribution in [0.5, 0.6) is 0 Å². The van der Waals surface area contributed by atoms with E-state index in [1.165, 1.54) is 0 Å². The van der Waals surface area contributed by atoms with Crippen molar-refractivity contribution in [3.63, 3.8) is 0 Å². The first-order valence-corrected chi connectivity index (χ1v) is 12.7. The van der Waals surface area contributed by atoms with E-state index in [0.717, 1.165) is 10.8 Å². The lowest BCUT2D eigenvalue weighted by Crippen LogP contribution is -2.60. The lowest BCUT2D eigenvalue weighted by Gasteiger charge is -2.14. The van der Waals surface area contributed by atoms with E-state index in [4.69, 9.17) is 8.47 Å². The quantitative estimate of drug-likeness (QED) is 0.306. The van der Waals surface area contributed by atoms with Crippen molar-refractivity contribution in [2.75, 3.05) is 0 Å². The third-order valence-corrected chi connectivity index (χ3v) is 8.63. The Morgan fingerprint density at radius 2 is 1.29 bits per heavy atom. The van der Waals surface area contributed by atoms with Crippen LogP contribution in [0.2, 0.25) is 0 Å². The van der Waals surface area contributed by atoms with E-state index < -0.39 is 26.0 Å². The predicted molar refractivity (Wildman–Crippen MR) is 112 cm³/mol. The molecule has 1 aliphatic heterocycles. The van der Waals surface area contributed by atoms with Crippen molar-refractivity contribution in [3.8, 4) is 0 Å². The second kappa shape index (κ2) is 9.37. The second-order valence-electron chi connectivity index (χ2n) is 6.23. The Hall–Kier alpha value is -2.43. The molecule has 0 bridgehead atoms. The van der Waals surface area contributed by atoms with Crippen LogP contribution >= 0.6 is 20.6 Å². The summed E-state index contributed by atoms with van der Waals surface area (Å²) in [4.78, 5) is 13.7. The molecule has 1 aliphatic rings. The largest absolute Gasteiger partial charge is 0.420 e. The fraction of sp³-hybridized carbons (Fsp3) is 0. The summed E-state index contributed by atoms with van der Waals surface area (Å²) in [7, 11) is -5.23. The van der Waals surface area contributed by atoms with Gasteiger partial charge in [-0.1, -0.05) is 78.9 Å². The molecule has 0 saturated carbocycles. The highest BCUT2D eigenvalue weighted by Crippen LogP contribution is 2.54. The summed E-state index contributed by atoms with van der Waals surface area (Å²) < 4.78 is 44.8. The van der Waals surface area contributed by atoms with Gasteiger partial charge in [0.15, 0.2) is 15.6 Å². The molecule has 31 heavy (non-hydrogen) atoms. The van der Waals surface area contributed by atoms with Crippen LogP contribution in [-0.4, -0.2) is 10.8 Å². The number of hydrogen-bond acceptors (Lipinski definition) is 7. The molecule has 0 fully saturated rings. The highest BCUT2D eigenvalue weighted by atomic mass is 35.7. The van der Waals surface area contributed by atoms with E-state index >= 15 is 0 Å². The Bertz CT molecular complexity index is 1140. The standard InChI is InChI=1S/C22H15ClO6S2/c24-22(18-14-8-3-9-15-18)28-19-20(16-10-4-1-5-11-16)30-31(29-23(25,26)27)21(19)17-12-6-2-7-13-17/h1-15H. The highest BCUT2D eigenvalue weighted by molar-refractivity contribution is 8.85. The van der Waals surface area contributed by atoms with Gasteiger partial charge in [0.05, 0.1) is 20.7 Å². The molecule has 0 N–H and O–H groups in total. The monoisotopic (exact) mass is 474 g/mol. The molecule has 4 rings (SSSR count). The van der Waals surface area contributed by atoms with Gasteiger partial charge in [-0.2, -0.15) is 14.0 Å². The Labute approximate surface area is 187 Å². The minimum atomic E-state index is -4.70. The fourth-order valence-electron chi connectivity index (χ4n) is 2.85. The van der Waals surface area contributed by atoms with Crippen LogP contribution in [-0.2, 0) is 8.47 Å². The number of allylic oxidation sites excluding steroid dienone is 1. The van der Waals surface area contributed by atoms with Crippen LogP contribution in [0.1, 0.15) is 21.5 Å². The summed E-state index contributed by atoms with van der Waals surface area (Å²) in [6.07, 6.45) is 0. The van der Waals surface area contributed by atoms with Gasteiger partial charge in [-0.3, -0.25) is 0 Å². The minimum absolute atomic E-state index is 0.165. The SMILES string of the molecule is O=C(OC1=C(c2ccccc2)SS(O[Cl+3]([O-])([O-])[O-])=C1c1ccccc1)c1ccccc1. The summed E-state index contributed by atoms with van der Waals surface area (Å²) in [6.45, 7) is 0. The number of ether oxygens (including phenoxy) is 1. The molecule has 1 heterocycles. The fourth-order valence-corrected chi connectivity index (χ4v) is 7.68. The summed E-state index contributed by atoms with van der Waals surface area (Å²) in [6, 6.07) is 26.3. The molecule has 1 atom stereocenters. The maximum atomic E-state index is 12.8. The molecular weight excluding hydrogens is 460 g/mol. The van der Waals surface area contributed by atoms with Crippen LogP contribution in [0.3, 0.4) is 0 Å². The Balaban J connectivity index is 1.85. The first kappa shape index (κ1) is 21.8. The Morgan fingerprint density at radius 1 is 0.774 bits per heavy atom. The molecule has 0 saturated heterocycles. The van der Waals surface area contributed by atoms with Crippen LogP contribution in [0.25, 0.3) is 4.91 Å². The average Bonchev–Trinajstić information content (AvgIpc) is 3.11. The molecule has 1 unspecified atom stereocenters. The third kappa shape index (κ3) is 5.25. The van der Waals surface area contributed by atoms with Crippen LogP contribution < -0.4 is 14.0 Å². The molecule has 6 nitrogen and oxygen atoms in total. The van der Waals surface area contributed by atoms with E-state index in [0.29, 0.717) is 26.5 Å². The highest BCUT2D eigenvalue weighted by Gasteiger charge is 2.38. The molecule has 0 aliphatic carbocycles. The molecule has 9 heteroatoms. The summed E-state index contributed by atoms with van der Waals surface area (Å²) in [5, 5.41) is 0. The average molecular weight is 475 g/mol. The maximum absolute atomic E-state index is 12.8. The molecule has 3 aromatic carbocycles. The number of benzene rings is 3. The van der Waals surface area contributed by atoms with Crippen LogP contribution in [0, 0.1) is 10.2 Å². The van der Waals surface area contributed by atoms with Crippen molar-refractivity contribution in [2.45, 2.75) is 0 Å². The van der Waals surface area contributed by atoms with E-state index in [1.54, 1.807) is 72.8 Å². The normalized spacial score (nSPS) is 16.5. The molecule has 158 valence electrons. The van der Waals surface area contributed by atoms with Crippen LogP contribution in [0.4, 0.5) is 0 Å². The van der Waals surface area contributed by atoms with Gasteiger partial charge in [0.1, 0.15) is 8.60 Å². The summed E-state index contributed by atoms with van der Waals surface area (Å²) >= 11 is 0. The maximum Gasteiger partial charge on any atom is 0.343 e. The molecule has 3 aromatic rings. The number of halogens is 1. The lowest BCUT2D eigenvalue weighted by atomic mass is 10.1. The topological polar surface area (TPSA) is 105 Å². The smallest absolute Gasteiger partial charge is 0.343 e. The Kier molecular flexibility index (Phi) is 6.59. The van der Waals surface area contributed by atoms with Gasteiger partial charge in [-0.05, 0) is 34.1 Å². The van der Waals surface area contributed by atoms with E-state index in [2.05, 4.69) is 0 Å². The van der Waals surface area contributed by atoms with Crippen LogP contribution in [0.15, 0.2) is 96.8 Å². The molecule has 0 aromatic heterocycles. The number of hydrogen-bond donors (Lipinski definition) is 0. The number of esters is 1. The zero-order valence-corrected chi connectivity index (χ0v) is 18.2. The predicted octanol–water partition coefficient (Wildman–Crippen LogP) is 2.19. The van der Waals surface area contributed by atoms with E-state index in [1.807, 2.05) is 18.2 Å². The number of carbonyl (C=O) groups is 1. The van der Waals surface area contributed by atoms with Gasteiger partial charge in [0.25, 0.3) is 0 Å². The van der Waals surface area contributed by atoms with E-state index in [9.17, 15) is 18.8 Å². The first-order valence-electron chi connectivity index (χ1n) is 8.95. The first-order chi connectivity index (χ1) is 14.9. The van der Waals surface area contributed by atoms with Gasteiger partial charge < -0.3 is 4.74 Å². The van der Waals surface area contributed by atoms with Gasteiger partial charge in [-0.15, -0.1) is 0 Å². The van der Waals surface area contributed by atoms with Crippen molar-refractivity contribution >= 4 is 36.3 Å². The van der Waals surface area contributed by atoms with Crippen molar-refractivity contribution in [1.29, 1.82) is 0 Å². The zero-order valence-electron chi connectivity index (χ0n) is 15.8.